The van der Waals surface area contributed by atoms with E-state index in [9.17, 15) is 24.6 Å². The molecule has 0 radical (unpaired) electrons. The number of nitriles is 1. The summed E-state index contributed by atoms with van der Waals surface area (Å²) >= 11 is 0. The molecule has 0 spiro atoms. The number of carbonyl (C=O) groups is 3. The van der Waals surface area contributed by atoms with Crippen molar-refractivity contribution in [3.8, 4) is 11.8 Å². The molecule has 45 heavy (non-hydrogen) atoms. The zero-order valence-electron chi connectivity index (χ0n) is 25.4. The number of carboxylic acids is 1. The van der Waals surface area contributed by atoms with Crippen LogP contribution >= 0.6 is 0 Å². The van der Waals surface area contributed by atoms with Crippen LogP contribution in [0, 0.1) is 17.2 Å². The van der Waals surface area contributed by atoms with Crippen molar-refractivity contribution in [1.29, 1.82) is 5.26 Å². The van der Waals surface area contributed by atoms with E-state index in [0.717, 1.165) is 6.42 Å². The van der Waals surface area contributed by atoms with E-state index in [2.05, 4.69) is 16.9 Å². The van der Waals surface area contributed by atoms with Crippen LogP contribution in [-0.4, -0.2) is 104 Å². The number of para-hydroxylation sites is 1. The van der Waals surface area contributed by atoms with Crippen LogP contribution in [0.5, 0.6) is 5.75 Å². The molecular formula is C31H37N7O7. The van der Waals surface area contributed by atoms with Gasteiger partial charge in [-0.25, -0.2) is 19.6 Å². The highest BCUT2D eigenvalue weighted by Crippen LogP contribution is 2.31. The molecule has 3 aromatic rings. The number of nitrogens with zero attached hydrogens (tertiary/aromatic N) is 7. The van der Waals surface area contributed by atoms with Crippen molar-refractivity contribution in [2.75, 3.05) is 32.1 Å². The lowest BCUT2D eigenvalue weighted by molar-refractivity contribution is -0.195. The second kappa shape index (κ2) is 13.5. The van der Waals surface area contributed by atoms with Gasteiger partial charge in [0.05, 0.1) is 30.1 Å². The maximum atomic E-state index is 13.7. The third kappa shape index (κ3) is 6.84. The second-order valence-corrected chi connectivity index (χ2v) is 11.6. The maximum Gasteiger partial charge on any atom is 0.333 e. The number of likely N-dealkylation sites (tertiary alicyclic amines) is 1. The summed E-state index contributed by atoms with van der Waals surface area (Å²) in [5, 5.41) is 29.1. The Balaban J connectivity index is 1.32. The lowest BCUT2D eigenvalue weighted by Gasteiger charge is -2.42. The second-order valence-electron chi connectivity index (χ2n) is 11.6. The molecule has 2 aliphatic rings. The molecule has 0 bridgehead atoms. The van der Waals surface area contributed by atoms with Crippen LogP contribution < -0.4 is 9.64 Å². The summed E-state index contributed by atoms with van der Waals surface area (Å²) < 4.78 is 12.9. The predicted molar refractivity (Wildman–Crippen MR) is 161 cm³/mol. The van der Waals surface area contributed by atoms with Gasteiger partial charge in [-0.2, -0.15) is 5.26 Å². The Bertz CT molecular complexity index is 1600. The quantitative estimate of drug-likeness (QED) is 0.379. The predicted octanol–water partition coefficient (Wildman–Crippen LogP) is 2.45. The Morgan fingerprint density at radius 1 is 1.18 bits per heavy atom. The van der Waals surface area contributed by atoms with E-state index in [4.69, 9.17) is 14.7 Å². The van der Waals surface area contributed by atoms with Crippen LogP contribution in [0.2, 0.25) is 0 Å². The number of aliphatic hydroxyl groups is 1. The molecule has 2 amide bonds. The highest BCUT2D eigenvalue weighted by atomic mass is 16.7. The minimum absolute atomic E-state index is 0.0138. The summed E-state index contributed by atoms with van der Waals surface area (Å²) in [6.07, 6.45) is 0.803. The first-order valence-corrected chi connectivity index (χ1v) is 14.8. The highest BCUT2D eigenvalue weighted by Gasteiger charge is 2.35. The number of piperidine rings is 1. The zero-order chi connectivity index (χ0) is 32.2. The number of likely N-dealkylation sites (N-methyl/N-ethyl adjacent to an activating group) is 1. The topological polar surface area (TPSA) is 174 Å². The van der Waals surface area contributed by atoms with E-state index in [1.165, 1.54) is 15.8 Å². The molecule has 14 nitrogen and oxygen atoms in total. The molecule has 0 aliphatic carbocycles. The SMILES string of the molecule is C[C@@H]1CCN(C(=O)CC#N)C[C@@H]1N(C)c1ncnc2c1ccn2C(=O)N(C)Cc1ccccc1O[C@H]1C[C@@H](O)C[C@@H](C(=O)O)O1. The van der Waals surface area contributed by atoms with Gasteiger partial charge in [-0.3, -0.25) is 9.36 Å². The standard InChI is InChI=1S/C31H37N7O7/c1-19-9-12-37(26(40)8-11-32)17-23(19)36(3)28-22-10-13-38(29(22)34-18-33-28)31(43)35(2)16-20-6-4-5-7-24(20)44-27-15-21(39)14-25(45-27)30(41)42/h4-7,10,13,18-19,21,23,25,27,39H,8-9,12,14-17H2,1-3H3,(H,41,42)/t19-,21+,23+,25+,27-/m1/s1. The number of ether oxygens (including phenoxy) is 2. The zero-order valence-corrected chi connectivity index (χ0v) is 25.4. The van der Waals surface area contributed by atoms with Gasteiger partial charge < -0.3 is 34.4 Å². The molecule has 2 saturated heterocycles. The molecule has 5 atom stereocenters. The first kappa shape index (κ1) is 31.7. The van der Waals surface area contributed by atoms with Gasteiger partial charge in [0.15, 0.2) is 11.8 Å². The van der Waals surface area contributed by atoms with Gasteiger partial charge in [0.2, 0.25) is 12.2 Å². The Hall–Kier alpha value is -4.74. The summed E-state index contributed by atoms with van der Waals surface area (Å²) in [6, 6.07) is 10.4. The number of aliphatic carboxylic acids is 1. The fourth-order valence-corrected chi connectivity index (χ4v) is 5.98. The number of anilines is 1. The number of hydrogen-bond donors (Lipinski definition) is 2. The summed E-state index contributed by atoms with van der Waals surface area (Å²) in [6.45, 7) is 3.37. The number of amides is 2. The number of carboxylic acid groups (broad SMARTS) is 1. The van der Waals surface area contributed by atoms with Gasteiger partial charge in [0.25, 0.3) is 0 Å². The molecule has 2 fully saturated rings. The Kier molecular flexibility index (Phi) is 9.50. The van der Waals surface area contributed by atoms with Crippen molar-refractivity contribution >= 4 is 34.8 Å². The van der Waals surface area contributed by atoms with Gasteiger partial charge in [-0.1, -0.05) is 25.1 Å². The van der Waals surface area contributed by atoms with Crippen molar-refractivity contribution in [3.05, 3.63) is 48.4 Å². The first-order valence-electron chi connectivity index (χ1n) is 14.8. The number of fused-ring (bicyclic) bond motifs is 1. The molecule has 2 aliphatic heterocycles. The smallest absolute Gasteiger partial charge is 0.333 e. The minimum atomic E-state index is -1.17. The third-order valence-electron chi connectivity index (χ3n) is 8.51. The van der Waals surface area contributed by atoms with Crippen LogP contribution in [0.15, 0.2) is 42.9 Å². The van der Waals surface area contributed by atoms with E-state index < -0.39 is 24.5 Å². The van der Waals surface area contributed by atoms with Gasteiger partial charge in [0.1, 0.15) is 24.3 Å². The molecular weight excluding hydrogens is 582 g/mol. The van der Waals surface area contributed by atoms with E-state index in [1.807, 2.05) is 18.0 Å². The van der Waals surface area contributed by atoms with Gasteiger partial charge >= 0.3 is 12.0 Å². The largest absolute Gasteiger partial charge is 0.479 e. The van der Waals surface area contributed by atoms with Crippen LogP contribution in [-0.2, 0) is 20.9 Å². The van der Waals surface area contributed by atoms with Gasteiger partial charge in [-0.15, -0.1) is 0 Å². The summed E-state index contributed by atoms with van der Waals surface area (Å²) in [7, 11) is 3.56. The van der Waals surface area contributed by atoms with E-state index in [0.29, 0.717) is 41.3 Å². The number of aromatic nitrogens is 3. The van der Waals surface area contributed by atoms with E-state index in [1.54, 1.807) is 48.5 Å². The van der Waals surface area contributed by atoms with Crippen molar-refractivity contribution in [2.45, 2.75) is 63.7 Å². The van der Waals surface area contributed by atoms with Crippen molar-refractivity contribution < 1.29 is 34.1 Å². The average molecular weight is 620 g/mol. The maximum absolute atomic E-state index is 13.7. The summed E-state index contributed by atoms with van der Waals surface area (Å²) in [5.74, 6) is -0.0445. The molecule has 238 valence electrons. The molecule has 1 aromatic carbocycles. The van der Waals surface area contributed by atoms with Gasteiger partial charge in [0, 0.05) is 51.8 Å². The van der Waals surface area contributed by atoms with Gasteiger partial charge in [-0.05, 0) is 24.5 Å². The number of hydrogen-bond acceptors (Lipinski definition) is 10. The number of benzene rings is 1. The van der Waals surface area contributed by atoms with Crippen LogP contribution in [0.4, 0.5) is 10.6 Å². The molecule has 0 unspecified atom stereocenters. The fourth-order valence-electron chi connectivity index (χ4n) is 5.98. The summed E-state index contributed by atoms with van der Waals surface area (Å²) in [4.78, 5) is 51.7. The number of aliphatic hydroxyl groups excluding tert-OH is 1. The van der Waals surface area contributed by atoms with Crippen molar-refractivity contribution in [1.82, 2.24) is 24.3 Å². The lowest BCUT2D eigenvalue weighted by atomic mass is 9.92. The Morgan fingerprint density at radius 3 is 2.71 bits per heavy atom. The van der Waals surface area contributed by atoms with Crippen molar-refractivity contribution in [2.24, 2.45) is 5.92 Å². The first-order chi connectivity index (χ1) is 21.6. The minimum Gasteiger partial charge on any atom is -0.479 e. The average Bonchev–Trinajstić information content (AvgIpc) is 3.45. The number of rotatable bonds is 8. The summed E-state index contributed by atoms with van der Waals surface area (Å²) in [5.41, 5.74) is 1.09. The highest BCUT2D eigenvalue weighted by molar-refractivity contribution is 5.95. The lowest BCUT2D eigenvalue weighted by Crippen LogP contribution is -2.52. The van der Waals surface area contributed by atoms with E-state index >= 15 is 0 Å². The molecule has 0 saturated carbocycles. The molecule has 4 heterocycles. The van der Waals surface area contributed by atoms with Crippen LogP contribution in [0.3, 0.4) is 0 Å². The Morgan fingerprint density at radius 2 is 1.96 bits per heavy atom. The number of carbonyl (C=O) groups excluding carboxylic acids is 2. The molecule has 2 N–H and O–H groups in total. The fraction of sp³-hybridized carbons (Fsp3) is 0.484. The van der Waals surface area contributed by atoms with Crippen LogP contribution in [0.1, 0.15) is 38.2 Å². The molecule has 5 rings (SSSR count). The molecule has 2 aromatic heterocycles. The molecule has 14 heteroatoms. The van der Waals surface area contributed by atoms with E-state index in [-0.39, 0.29) is 49.7 Å². The Labute approximate surface area is 260 Å². The monoisotopic (exact) mass is 619 g/mol. The van der Waals surface area contributed by atoms with Crippen molar-refractivity contribution in [3.63, 3.8) is 0 Å². The van der Waals surface area contributed by atoms with Crippen LogP contribution in [0.25, 0.3) is 11.0 Å². The third-order valence-corrected chi connectivity index (χ3v) is 8.51. The normalized spacial score (nSPS) is 23.3.